The number of carboxylic acid groups (broad SMARTS) is 1. The van der Waals surface area contributed by atoms with Crippen LogP contribution >= 0.6 is 0 Å². The molecule has 1 aliphatic rings. The van der Waals surface area contributed by atoms with E-state index in [1.165, 1.54) is 14.2 Å². The predicted molar refractivity (Wildman–Crippen MR) is 70.3 cm³/mol. The Bertz CT molecular complexity index is 524. The first-order valence-electron chi connectivity index (χ1n) is 6.38. The van der Waals surface area contributed by atoms with E-state index in [4.69, 9.17) is 9.84 Å². The Hall–Kier alpha value is -0.910. The lowest BCUT2D eigenvalue weighted by Crippen LogP contribution is -2.46. The molecule has 0 aromatic heterocycles. The second-order valence-electron chi connectivity index (χ2n) is 5.42. The van der Waals surface area contributed by atoms with Crippen LogP contribution in [0, 0.1) is 11.3 Å². The van der Waals surface area contributed by atoms with E-state index >= 15 is 0 Å². The van der Waals surface area contributed by atoms with Crippen molar-refractivity contribution in [2.45, 2.75) is 13.1 Å². The van der Waals surface area contributed by atoms with Crippen LogP contribution in [0.4, 0.5) is 13.2 Å². The van der Waals surface area contributed by atoms with E-state index in [9.17, 15) is 26.4 Å². The third-order valence-electron chi connectivity index (χ3n) is 3.94. The molecule has 7 nitrogen and oxygen atoms in total. The van der Waals surface area contributed by atoms with E-state index < -0.39 is 46.8 Å². The number of methoxy groups -OCH3 is 1. The van der Waals surface area contributed by atoms with Gasteiger partial charge in [-0.2, -0.15) is 30.2 Å². The second-order valence-corrected chi connectivity index (χ2v) is 7.46. The highest BCUT2D eigenvalue weighted by Gasteiger charge is 2.64. The van der Waals surface area contributed by atoms with Gasteiger partial charge >= 0.3 is 12.1 Å². The number of rotatable bonds is 6. The summed E-state index contributed by atoms with van der Waals surface area (Å²) in [5.41, 5.74) is -2.63. The van der Waals surface area contributed by atoms with Gasteiger partial charge in [0.1, 0.15) is 0 Å². The first-order chi connectivity index (χ1) is 9.88. The van der Waals surface area contributed by atoms with Crippen LogP contribution in [0.25, 0.3) is 0 Å². The Morgan fingerprint density at radius 1 is 1.50 bits per heavy atom. The van der Waals surface area contributed by atoms with Crippen LogP contribution in [0.15, 0.2) is 0 Å². The molecule has 1 heterocycles. The van der Waals surface area contributed by atoms with Gasteiger partial charge in [0, 0.05) is 33.8 Å². The van der Waals surface area contributed by atoms with Gasteiger partial charge in [0.15, 0.2) is 0 Å². The molecule has 1 saturated heterocycles. The van der Waals surface area contributed by atoms with E-state index in [0.29, 0.717) is 4.31 Å². The summed E-state index contributed by atoms with van der Waals surface area (Å²) in [5.74, 6) is -3.52. The average Bonchev–Trinajstić information content (AvgIpc) is 2.75. The summed E-state index contributed by atoms with van der Waals surface area (Å²) in [5, 5.41) is 9.02. The van der Waals surface area contributed by atoms with Gasteiger partial charge in [0.05, 0.1) is 17.9 Å². The summed E-state index contributed by atoms with van der Waals surface area (Å²) < 4.78 is 70.3. The van der Waals surface area contributed by atoms with E-state index in [-0.39, 0.29) is 13.2 Å². The van der Waals surface area contributed by atoms with Crippen molar-refractivity contribution in [3.05, 3.63) is 0 Å². The Labute approximate surface area is 126 Å². The van der Waals surface area contributed by atoms with Gasteiger partial charge in [-0.25, -0.2) is 0 Å². The van der Waals surface area contributed by atoms with Crippen molar-refractivity contribution in [1.82, 2.24) is 8.61 Å². The molecular weight excluding hydrogens is 329 g/mol. The normalized spacial score (nSPS) is 27.5. The van der Waals surface area contributed by atoms with Crippen LogP contribution in [0.5, 0.6) is 0 Å². The molecular formula is C11H19F3N2O5S. The predicted octanol–water partition coefficient (Wildman–Crippen LogP) is 0.394. The number of halogens is 3. The van der Waals surface area contributed by atoms with Gasteiger partial charge in [-0.3, -0.25) is 4.79 Å². The van der Waals surface area contributed by atoms with Gasteiger partial charge in [0.25, 0.3) is 10.2 Å². The lowest BCUT2D eigenvalue weighted by Gasteiger charge is -2.31. The maximum atomic E-state index is 13.2. The molecule has 130 valence electrons. The fourth-order valence-corrected chi connectivity index (χ4v) is 3.76. The topological polar surface area (TPSA) is 87.2 Å². The molecule has 2 atom stereocenters. The third-order valence-corrected chi connectivity index (χ3v) is 5.84. The number of ether oxygens (including phenoxy) is 1. The summed E-state index contributed by atoms with van der Waals surface area (Å²) >= 11 is 0. The molecule has 1 N–H and O–H groups in total. The molecule has 1 aliphatic heterocycles. The van der Waals surface area contributed by atoms with Crippen molar-refractivity contribution in [2.24, 2.45) is 11.3 Å². The molecule has 0 bridgehead atoms. The van der Waals surface area contributed by atoms with E-state index in [0.717, 1.165) is 11.2 Å². The number of likely N-dealkylation sites (N-methyl/N-ethyl adjacent to an activating group) is 1. The second kappa shape index (κ2) is 6.30. The Morgan fingerprint density at radius 3 is 2.41 bits per heavy atom. The van der Waals surface area contributed by atoms with E-state index in [1.807, 2.05) is 0 Å². The van der Waals surface area contributed by atoms with Crippen LogP contribution in [0.2, 0.25) is 0 Å². The Balaban J connectivity index is 3.08. The summed E-state index contributed by atoms with van der Waals surface area (Å²) in [6, 6.07) is 0. The third kappa shape index (κ3) is 3.36. The average molecular weight is 348 g/mol. The molecule has 0 amide bonds. The van der Waals surface area contributed by atoms with Crippen molar-refractivity contribution < 1.29 is 36.2 Å². The largest absolute Gasteiger partial charge is 0.481 e. The molecule has 0 aliphatic carbocycles. The molecule has 22 heavy (non-hydrogen) atoms. The van der Waals surface area contributed by atoms with Crippen molar-refractivity contribution in [2.75, 3.05) is 40.4 Å². The Morgan fingerprint density at radius 2 is 2.05 bits per heavy atom. The van der Waals surface area contributed by atoms with Gasteiger partial charge in [-0.1, -0.05) is 0 Å². The van der Waals surface area contributed by atoms with Gasteiger partial charge in [-0.15, -0.1) is 0 Å². The molecule has 1 rings (SSSR count). The number of hydrogen-bond donors (Lipinski definition) is 1. The maximum absolute atomic E-state index is 13.2. The smallest absolute Gasteiger partial charge is 0.396 e. The minimum absolute atomic E-state index is 0.0458. The van der Waals surface area contributed by atoms with Gasteiger partial charge in [0.2, 0.25) is 0 Å². The van der Waals surface area contributed by atoms with Crippen LogP contribution in [0.3, 0.4) is 0 Å². The fraction of sp³-hybridized carbons (Fsp3) is 0.909. The zero-order chi connectivity index (χ0) is 17.3. The minimum Gasteiger partial charge on any atom is -0.481 e. The fourth-order valence-electron chi connectivity index (χ4n) is 2.29. The highest BCUT2D eigenvalue weighted by molar-refractivity contribution is 7.86. The summed E-state index contributed by atoms with van der Waals surface area (Å²) in [7, 11) is -1.62. The molecule has 0 saturated carbocycles. The van der Waals surface area contributed by atoms with E-state index in [1.54, 1.807) is 0 Å². The minimum atomic E-state index is -4.83. The van der Waals surface area contributed by atoms with Crippen LogP contribution in [-0.4, -0.2) is 74.7 Å². The van der Waals surface area contributed by atoms with Crippen LogP contribution < -0.4 is 0 Å². The lowest BCUT2D eigenvalue weighted by molar-refractivity contribution is -0.227. The molecule has 0 aromatic carbocycles. The number of carbonyl (C=O) groups is 1. The number of aliphatic carboxylic acids is 1. The lowest BCUT2D eigenvalue weighted by atomic mass is 9.79. The van der Waals surface area contributed by atoms with E-state index in [2.05, 4.69) is 0 Å². The highest BCUT2D eigenvalue weighted by atomic mass is 32.2. The summed E-state index contributed by atoms with van der Waals surface area (Å²) in [4.78, 5) is 11.1. The SMILES string of the molecule is COCCN(C)S(=O)(=O)N1C[C@@H](C(=O)O)[C@](C)(C(F)(F)F)C1. The van der Waals surface area contributed by atoms with Crippen LogP contribution in [-0.2, 0) is 19.7 Å². The maximum Gasteiger partial charge on any atom is 0.396 e. The number of hydrogen-bond acceptors (Lipinski definition) is 4. The van der Waals surface area contributed by atoms with Crippen molar-refractivity contribution in [3.8, 4) is 0 Å². The van der Waals surface area contributed by atoms with Crippen molar-refractivity contribution >= 4 is 16.2 Å². The Kier molecular flexibility index (Phi) is 5.48. The molecule has 0 spiro atoms. The first-order valence-corrected chi connectivity index (χ1v) is 7.77. The van der Waals surface area contributed by atoms with Gasteiger partial charge in [-0.05, 0) is 6.92 Å². The molecule has 11 heteroatoms. The van der Waals surface area contributed by atoms with Crippen LogP contribution in [0.1, 0.15) is 6.92 Å². The molecule has 1 fully saturated rings. The summed E-state index contributed by atoms with van der Waals surface area (Å²) in [6.07, 6.45) is -4.83. The number of alkyl halides is 3. The molecule has 0 unspecified atom stereocenters. The quantitative estimate of drug-likeness (QED) is 0.751. The van der Waals surface area contributed by atoms with Gasteiger partial charge < -0.3 is 9.84 Å². The highest BCUT2D eigenvalue weighted by Crippen LogP contribution is 2.49. The number of carboxylic acids is 1. The first kappa shape index (κ1) is 19.1. The molecule has 0 radical (unpaired) electrons. The van der Waals surface area contributed by atoms with Crippen molar-refractivity contribution in [1.29, 1.82) is 0 Å². The standard InChI is InChI=1S/C11H19F3N2O5S/c1-10(11(12,13)14)7-16(6-8(10)9(17)18)22(19,20)15(2)4-5-21-3/h8H,4-7H2,1-3H3,(H,17,18)/t8-,10+/m0/s1. The summed E-state index contributed by atoms with van der Waals surface area (Å²) in [6.45, 7) is -0.882. The zero-order valence-corrected chi connectivity index (χ0v) is 13.2. The molecule has 0 aromatic rings. The monoisotopic (exact) mass is 348 g/mol. The number of nitrogens with zero attached hydrogens (tertiary/aromatic N) is 2. The zero-order valence-electron chi connectivity index (χ0n) is 12.4. The van der Waals surface area contributed by atoms with Crippen molar-refractivity contribution in [3.63, 3.8) is 0 Å².